The third kappa shape index (κ3) is 3.10. The maximum atomic E-state index is 11.3. The normalized spacial score (nSPS) is 16.6. The van der Waals surface area contributed by atoms with Crippen LogP contribution in [0.25, 0.3) is 0 Å². The number of nitro benzene ring substituents is 1. The first kappa shape index (κ1) is 14.8. The van der Waals surface area contributed by atoms with Crippen LogP contribution < -0.4 is 4.90 Å². The number of anilines is 1. The number of hydrogen-bond donors (Lipinski definition) is 1. The zero-order valence-corrected chi connectivity index (χ0v) is 12.1. The van der Waals surface area contributed by atoms with Crippen LogP contribution in [0.5, 0.6) is 0 Å². The molecule has 1 saturated carbocycles. The van der Waals surface area contributed by atoms with Gasteiger partial charge in [0.2, 0.25) is 0 Å². The summed E-state index contributed by atoms with van der Waals surface area (Å²) in [7, 11) is 0. The number of rotatable bonds is 6. The van der Waals surface area contributed by atoms with Crippen LogP contribution in [-0.4, -0.2) is 23.1 Å². The van der Waals surface area contributed by atoms with Gasteiger partial charge in [-0.3, -0.25) is 10.1 Å². The fourth-order valence-electron chi connectivity index (χ4n) is 2.60. The van der Waals surface area contributed by atoms with Gasteiger partial charge in [0.1, 0.15) is 5.69 Å². The van der Waals surface area contributed by atoms with Crippen molar-refractivity contribution in [2.45, 2.75) is 39.2 Å². The first-order valence-electron chi connectivity index (χ1n) is 7.24. The second kappa shape index (κ2) is 6.22. The molecule has 0 bridgehead atoms. The van der Waals surface area contributed by atoms with E-state index in [1.165, 1.54) is 25.3 Å². The Morgan fingerprint density at radius 2 is 2.20 bits per heavy atom. The van der Waals surface area contributed by atoms with E-state index in [1.54, 1.807) is 19.1 Å². The van der Waals surface area contributed by atoms with Crippen molar-refractivity contribution < 1.29 is 10.0 Å². The molecule has 1 N–H and O–H groups in total. The number of nitro groups is 1. The summed E-state index contributed by atoms with van der Waals surface area (Å²) in [4.78, 5) is 13.0. The Balaban J connectivity index is 2.29. The highest BCUT2D eigenvalue weighted by molar-refractivity contribution is 5.64. The molecule has 110 valence electrons. The van der Waals surface area contributed by atoms with E-state index in [2.05, 4.69) is 4.90 Å². The van der Waals surface area contributed by atoms with Gasteiger partial charge in [0.05, 0.1) is 11.0 Å². The van der Waals surface area contributed by atoms with E-state index in [4.69, 9.17) is 0 Å². The van der Waals surface area contributed by atoms with E-state index in [0.717, 1.165) is 13.1 Å². The van der Waals surface area contributed by atoms with Gasteiger partial charge in [0, 0.05) is 19.2 Å². The summed E-state index contributed by atoms with van der Waals surface area (Å²) in [5.74, 6) is 0.658. The number of hydrogen-bond acceptors (Lipinski definition) is 4. The van der Waals surface area contributed by atoms with Crippen molar-refractivity contribution in [3.05, 3.63) is 33.9 Å². The lowest BCUT2D eigenvalue weighted by Gasteiger charge is -2.33. The van der Waals surface area contributed by atoms with Crippen LogP contribution in [0, 0.1) is 16.0 Å². The zero-order chi connectivity index (χ0) is 14.7. The van der Waals surface area contributed by atoms with Crippen LogP contribution in [0.3, 0.4) is 0 Å². The Hall–Kier alpha value is -1.62. The van der Waals surface area contributed by atoms with Crippen LogP contribution in [0.1, 0.15) is 44.8 Å². The van der Waals surface area contributed by atoms with Crippen molar-refractivity contribution >= 4 is 11.4 Å². The molecule has 0 saturated heterocycles. The predicted octanol–water partition coefficient (Wildman–Crippen LogP) is 3.27. The predicted molar refractivity (Wildman–Crippen MR) is 79.0 cm³/mol. The summed E-state index contributed by atoms with van der Waals surface area (Å²) in [5, 5.41) is 20.9. The molecule has 0 aromatic heterocycles. The Labute approximate surface area is 119 Å². The second-order valence-electron chi connectivity index (χ2n) is 5.52. The van der Waals surface area contributed by atoms with Crippen LogP contribution in [0.4, 0.5) is 11.4 Å². The first-order chi connectivity index (χ1) is 9.52. The SMILES string of the molecule is CCN(CC1CCC1)c1ccc([C@@H](C)O)cc1[N+](=O)[O-]. The smallest absolute Gasteiger partial charge is 0.292 e. The minimum Gasteiger partial charge on any atom is -0.389 e. The summed E-state index contributed by atoms with van der Waals surface area (Å²) in [6.45, 7) is 5.27. The Morgan fingerprint density at radius 1 is 1.50 bits per heavy atom. The molecule has 20 heavy (non-hydrogen) atoms. The van der Waals surface area contributed by atoms with Crippen molar-refractivity contribution in [1.82, 2.24) is 0 Å². The van der Waals surface area contributed by atoms with Crippen molar-refractivity contribution in [3.8, 4) is 0 Å². The van der Waals surface area contributed by atoms with E-state index < -0.39 is 6.10 Å². The van der Waals surface area contributed by atoms with E-state index >= 15 is 0 Å². The molecule has 2 rings (SSSR count). The minimum atomic E-state index is -0.690. The van der Waals surface area contributed by atoms with Gasteiger partial charge >= 0.3 is 0 Å². The molecule has 1 aliphatic carbocycles. The molecule has 0 radical (unpaired) electrons. The third-order valence-corrected chi connectivity index (χ3v) is 4.10. The maximum Gasteiger partial charge on any atom is 0.292 e. The van der Waals surface area contributed by atoms with Crippen LogP contribution >= 0.6 is 0 Å². The summed E-state index contributed by atoms with van der Waals surface area (Å²) in [6, 6.07) is 5.03. The molecule has 1 aromatic carbocycles. The van der Waals surface area contributed by atoms with Gasteiger partial charge in [-0.25, -0.2) is 0 Å². The second-order valence-corrected chi connectivity index (χ2v) is 5.52. The van der Waals surface area contributed by atoms with Crippen LogP contribution in [-0.2, 0) is 0 Å². The molecular formula is C15H22N2O3. The van der Waals surface area contributed by atoms with E-state index in [9.17, 15) is 15.2 Å². The van der Waals surface area contributed by atoms with E-state index in [0.29, 0.717) is 17.2 Å². The lowest BCUT2D eigenvalue weighted by atomic mass is 9.85. The van der Waals surface area contributed by atoms with Crippen LogP contribution in [0.2, 0.25) is 0 Å². The van der Waals surface area contributed by atoms with Crippen molar-refractivity contribution in [1.29, 1.82) is 0 Å². The van der Waals surface area contributed by atoms with Gasteiger partial charge in [-0.05, 0) is 44.2 Å². The summed E-state index contributed by atoms with van der Waals surface area (Å²) >= 11 is 0. The number of benzene rings is 1. The summed E-state index contributed by atoms with van der Waals surface area (Å²) in [6.07, 6.45) is 3.02. The maximum absolute atomic E-state index is 11.3. The molecule has 0 amide bonds. The lowest BCUT2D eigenvalue weighted by Crippen LogP contribution is -2.32. The van der Waals surface area contributed by atoms with Gasteiger partial charge < -0.3 is 10.0 Å². The largest absolute Gasteiger partial charge is 0.389 e. The fourth-order valence-corrected chi connectivity index (χ4v) is 2.60. The highest BCUT2D eigenvalue weighted by Crippen LogP contribution is 2.34. The molecular weight excluding hydrogens is 256 g/mol. The van der Waals surface area contributed by atoms with E-state index in [-0.39, 0.29) is 10.6 Å². The molecule has 1 fully saturated rings. The van der Waals surface area contributed by atoms with Crippen molar-refractivity contribution in [2.75, 3.05) is 18.0 Å². The molecule has 1 aliphatic rings. The molecule has 0 spiro atoms. The fraction of sp³-hybridized carbons (Fsp3) is 0.600. The highest BCUT2D eigenvalue weighted by Gasteiger charge is 2.25. The molecule has 5 nitrogen and oxygen atoms in total. The summed E-state index contributed by atoms with van der Waals surface area (Å²) < 4.78 is 0. The molecule has 0 heterocycles. The number of aliphatic hydroxyl groups excluding tert-OH is 1. The van der Waals surface area contributed by atoms with E-state index in [1.807, 2.05) is 6.92 Å². The van der Waals surface area contributed by atoms with Gasteiger partial charge in [-0.2, -0.15) is 0 Å². The molecule has 5 heteroatoms. The van der Waals surface area contributed by atoms with Crippen molar-refractivity contribution in [2.24, 2.45) is 5.92 Å². The number of nitrogens with zero attached hydrogens (tertiary/aromatic N) is 2. The lowest BCUT2D eigenvalue weighted by molar-refractivity contribution is -0.384. The highest BCUT2D eigenvalue weighted by atomic mass is 16.6. The van der Waals surface area contributed by atoms with Gasteiger partial charge in [-0.1, -0.05) is 12.5 Å². The molecule has 0 aliphatic heterocycles. The zero-order valence-electron chi connectivity index (χ0n) is 12.1. The average molecular weight is 278 g/mol. The summed E-state index contributed by atoms with van der Waals surface area (Å²) in [5.41, 5.74) is 1.33. The molecule has 1 aromatic rings. The third-order valence-electron chi connectivity index (χ3n) is 4.10. The molecule has 0 unspecified atom stereocenters. The quantitative estimate of drug-likeness (QED) is 0.640. The van der Waals surface area contributed by atoms with Crippen LogP contribution in [0.15, 0.2) is 18.2 Å². The number of aliphatic hydroxyl groups is 1. The first-order valence-corrected chi connectivity index (χ1v) is 7.24. The van der Waals surface area contributed by atoms with Crippen molar-refractivity contribution in [3.63, 3.8) is 0 Å². The minimum absolute atomic E-state index is 0.0876. The monoisotopic (exact) mass is 278 g/mol. The van der Waals surface area contributed by atoms with Gasteiger partial charge in [0.25, 0.3) is 5.69 Å². The Bertz CT molecular complexity index is 484. The van der Waals surface area contributed by atoms with Gasteiger partial charge in [-0.15, -0.1) is 0 Å². The molecule has 1 atom stereocenters. The van der Waals surface area contributed by atoms with Gasteiger partial charge in [0.15, 0.2) is 0 Å². The Kier molecular flexibility index (Phi) is 4.60. The Morgan fingerprint density at radius 3 is 2.65 bits per heavy atom. The average Bonchev–Trinajstić information content (AvgIpc) is 2.37. The topological polar surface area (TPSA) is 66.6 Å². The standard InChI is InChI=1S/C15H22N2O3/c1-3-16(10-12-5-4-6-12)14-8-7-13(11(2)18)9-15(14)17(19)20/h7-9,11-12,18H,3-6,10H2,1-2H3/t11-/m1/s1.